The predicted octanol–water partition coefficient (Wildman–Crippen LogP) is 4.70. The lowest BCUT2D eigenvalue weighted by Gasteiger charge is -2.18. The van der Waals surface area contributed by atoms with Gasteiger partial charge in [-0.2, -0.15) is 5.10 Å². The van der Waals surface area contributed by atoms with Crippen molar-refractivity contribution in [3.8, 4) is 0 Å². The molecule has 2 N–H and O–H groups in total. The predicted molar refractivity (Wildman–Crippen MR) is 126 cm³/mol. The Bertz CT molecular complexity index is 1370. The molecule has 1 aromatic heterocycles. The normalized spacial score (nSPS) is 11.7. The fraction of sp³-hybridized carbons (Fsp3) is 0.0833. The first kappa shape index (κ1) is 22.5. The number of hydrogen-bond donors (Lipinski definition) is 2. The molecular formula is C24H17Cl2N3O4. The summed E-state index contributed by atoms with van der Waals surface area (Å²) in [7, 11) is 0. The van der Waals surface area contributed by atoms with Crippen molar-refractivity contribution < 1.29 is 14.3 Å². The van der Waals surface area contributed by atoms with Gasteiger partial charge in [-0.05, 0) is 24.3 Å². The third-order valence-electron chi connectivity index (χ3n) is 4.81. The van der Waals surface area contributed by atoms with Gasteiger partial charge in [-0.1, -0.05) is 71.7 Å². The van der Waals surface area contributed by atoms with Crippen molar-refractivity contribution in [3.05, 3.63) is 104 Å². The van der Waals surface area contributed by atoms with Gasteiger partial charge in [0.15, 0.2) is 0 Å². The topological polar surface area (TPSA) is 101 Å². The van der Waals surface area contributed by atoms with Crippen molar-refractivity contribution in [2.24, 2.45) is 0 Å². The number of carbonyl (C=O) groups is 2. The summed E-state index contributed by atoms with van der Waals surface area (Å²) in [6.07, 6.45) is -1.47. The molecule has 0 saturated heterocycles. The molecule has 0 aliphatic carbocycles. The monoisotopic (exact) mass is 481 g/mol. The number of amides is 1. The second-order valence-electron chi connectivity index (χ2n) is 7.15. The van der Waals surface area contributed by atoms with E-state index in [1.165, 1.54) is 18.2 Å². The molecule has 3 aromatic carbocycles. The van der Waals surface area contributed by atoms with Gasteiger partial charge in [-0.3, -0.25) is 14.4 Å². The summed E-state index contributed by atoms with van der Waals surface area (Å²) >= 11 is 12.0. The van der Waals surface area contributed by atoms with E-state index in [0.29, 0.717) is 37.8 Å². The van der Waals surface area contributed by atoms with Crippen LogP contribution in [0.25, 0.3) is 10.8 Å². The first-order valence-corrected chi connectivity index (χ1v) is 10.6. The Morgan fingerprint density at radius 3 is 2.27 bits per heavy atom. The van der Waals surface area contributed by atoms with E-state index in [1.54, 1.807) is 54.6 Å². The van der Waals surface area contributed by atoms with Crippen molar-refractivity contribution in [1.82, 2.24) is 10.2 Å². The van der Waals surface area contributed by atoms with Crippen molar-refractivity contribution in [1.29, 1.82) is 0 Å². The zero-order valence-corrected chi connectivity index (χ0v) is 18.6. The number of nitrogens with zero attached hydrogens (tertiary/aromatic N) is 1. The lowest BCUT2D eigenvalue weighted by molar-refractivity contribution is -0.154. The number of H-pyrrole nitrogens is 1. The molecule has 33 heavy (non-hydrogen) atoms. The molecule has 0 fully saturated rings. The Kier molecular flexibility index (Phi) is 6.72. The molecule has 0 aliphatic heterocycles. The number of fused-ring (bicyclic) bond motifs is 1. The Hall–Kier alpha value is -3.68. The fourth-order valence-corrected chi connectivity index (χ4v) is 3.88. The SMILES string of the molecule is O=C(Cc1n[nH]c(=O)c2ccccc12)OC(C(=O)Nc1cc(Cl)cc(Cl)c1)c1ccccc1. The second kappa shape index (κ2) is 9.85. The maximum absolute atomic E-state index is 13.0. The molecule has 0 aliphatic rings. The number of anilines is 1. The summed E-state index contributed by atoms with van der Waals surface area (Å²) in [5.41, 5.74) is 0.826. The molecule has 7 nitrogen and oxygen atoms in total. The number of carbonyl (C=O) groups excluding carboxylic acids is 2. The minimum Gasteiger partial charge on any atom is -0.447 e. The number of halogens is 2. The third-order valence-corrected chi connectivity index (χ3v) is 5.24. The molecule has 0 bridgehead atoms. The van der Waals surface area contributed by atoms with Crippen molar-refractivity contribution in [2.75, 3.05) is 5.32 Å². The molecule has 4 rings (SSSR count). The Labute approximate surface area is 198 Å². The average Bonchev–Trinajstić information content (AvgIpc) is 2.79. The van der Waals surface area contributed by atoms with Gasteiger partial charge >= 0.3 is 5.97 Å². The lowest BCUT2D eigenvalue weighted by Crippen LogP contribution is -2.27. The summed E-state index contributed by atoms with van der Waals surface area (Å²) in [5, 5.41) is 10.7. The highest BCUT2D eigenvalue weighted by Gasteiger charge is 2.26. The molecule has 0 saturated carbocycles. The van der Waals surface area contributed by atoms with Crippen LogP contribution in [0.3, 0.4) is 0 Å². The molecule has 0 spiro atoms. The molecule has 1 amide bonds. The highest BCUT2D eigenvalue weighted by Crippen LogP contribution is 2.25. The van der Waals surface area contributed by atoms with E-state index in [9.17, 15) is 14.4 Å². The van der Waals surface area contributed by atoms with Crippen LogP contribution in [-0.2, 0) is 20.7 Å². The minimum absolute atomic E-state index is 0.239. The van der Waals surface area contributed by atoms with Gasteiger partial charge in [0, 0.05) is 26.7 Å². The molecule has 9 heteroatoms. The standard InChI is InChI=1S/C24H17Cl2N3O4/c25-15-10-16(26)12-17(11-15)27-24(32)22(14-6-2-1-3-7-14)33-21(30)13-20-18-8-4-5-9-19(18)23(31)29-28-20/h1-12,22H,13H2,(H,27,32)(H,29,31). The van der Waals surface area contributed by atoms with Gasteiger partial charge in [-0.15, -0.1) is 0 Å². The molecular weight excluding hydrogens is 465 g/mol. The summed E-state index contributed by atoms with van der Waals surface area (Å²) in [5.74, 6) is -1.26. The number of ether oxygens (including phenoxy) is 1. The van der Waals surface area contributed by atoms with Crippen molar-refractivity contribution >= 4 is 51.5 Å². The first-order chi connectivity index (χ1) is 15.9. The van der Waals surface area contributed by atoms with Crippen LogP contribution < -0.4 is 10.9 Å². The van der Waals surface area contributed by atoms with Crippen LogP contribution in [-0.4, -0.2) is 22.1 Å². The zero-order valence-electron chi connectivity index (χ0n) is 17.0. The number of rotatable bonds is 6. The largest absolute Gasteiger partial charge is 0.447 e. The van der Waals surface area contributed by atoms with E-state index >= 15 is 0 Å². The molecule has 1 atom stereocenters. The number of aromatic nitrogens is 2. The molecule has 4 aromatic rings. The van der Waals surface area contributed by atoms with Crippen molar-refractivity contribution in [2.45, 2.75) is 12.5 Å². The Balaban J connectivity index is 1.58. The van der Waals surface area contributed by atoms with Gasteiger partial charge in [0.1, 0.15) is 0 Å². The van der Waals surface area contributed by atoms with Crippen LogP contribution in [0, 0.1) is 0 Å². The van der Waals surface area contributed by atoms with Gasteiger partial charge < -0.3 is 10.1 Å². The van der Waals surface area contributed by atoms with Gasteiger partial charge in [0.05, 0.1) is 17.5 Å². The quantitative estimate of drug-likeness (QED) is 0.388. The summed E-state index contributed by atoms with van der Waals surface area (Å²) in [6.45, 7) is 0. The van der Waals surface area contributed by atoms with Gasteiger partial charge in [-0.25, -0.2) is 5.10 Å². The second-order valence-corrected chi connectivity index (χ2v) is 8.02. The molecule has 1 unspecified atom stereocenters. The summed E-state index contributed by atoms with van der Waals surface area (Å²) in [4.78, 5) is 37.8. The maximum atomic E-state index is 13.0. The van der Waals surface area contributed by atoms with E-state index in [2.05, 4.69) is 15.5 Å². The van der Waals surface area contributed by atoms with Crippen LogP contribution in [0.15, 0.2) is 77.6 Å². The number of benzene rings is 3. The van der Waals surface area contributed by atoms with E-state index < -0.39 is 18.0 Å². The Morgan fingerprint density at radius 2 is 1.58 bits per heavy atom. The van der Waals surface area contributed by atoms with Crippen LogP contribution in [0.2, 0.25) is 10.0 Å². The van der Waals surface area contributed by atoms with E-state index in [-0.39, 0.29) is 12.0 Å². The molecule has 1 heterocycles. The molecule has 166 valence electrons. The van der Waals surface area contributed by atoms with Crippen LogP contribution in [0.1, 0.15) is 17.4 Å². The number of aromatic amines is 1. The Morgan fingerprint density at radius 1 is 0.939 bits per heavy atom. The smallest absolute Gasteiger partial charge is 0.313 e. The average molecular weight is 482 g/mol. The number of hydrogen-bond acceptors (Lipinski definition) is 5. The lowest BCUT2D eigenvalue weighted by atomic mass is 10.1. The van der Waals surface area contributed by atoms with Crippen LogP contribution in [0.4, 0.5) is 5.69 Å². The first-order valence-electron chi connectivity index (χ1n) is 9.88. The summed E-state index contributed by atoms with van der Waals surface area (Å²) < 4.78 is 5.57. The highest BCUT2D eigenvalue weighted by atomic mass is 35.5. The van der Waals surface area contributed by atoms with Gasteiger partial charge in [0.25, 0.3) is 11.5 Å². The van der Waals surface area contributed by atoms with Crippen molar-refractivity contribution in [3.63, 3.8) is 0 Å². The fourth-order valence-electron chi connectivity index (χ4n) is 3.35. The van der Waals surface area contributed by atoms with Gasteiger partial charge in [0.2, 0.25) is 6.10 Å². The van der Waals surface area contributed by atoms with E-state index in [0.717, 1.165) is 0 Å². The van der Waals surface area contributed by atoms with E-state index in [4.69, 9.17) is 27.9 Å². The summed E-state index contributed by atoms with van der Waals surface area (Å²) in [6, 6.07) is 20.0. The van der Waals surface area contributed by atoms with E-state index in [1.807, 2.05) is 0 Å². The van der Waals surface area contributed by atoms with Crippen LogP contribution in [0.5, 0.6) is 0 Å². The number of esters is 1. The number of nitrogens with one attached hydrogen (secondary N) is 2. The highest BCUT2D eigenvalue weighted by molar-refractivity contribution is 6.35. The maximum Gasteiger partial charge on any atom is 0.313 e. The zero-order chi connectivity index (χ0) is 23.4. The minimum atomic E-state index is -1.23. The third kappa shape index (κ3) is 5.39. The molecule has 0 radical (unpaired) electrons. The van der Waals surface area contributed by atoms with Crippen LogP contribution >= 0.6 is 23.2 Å².